The number of carbonyl (C=O) groups excluding carboxylic acids is 1. The number of halogens is 1. The van der Waals surface area contributed by atoms with Crippen molar-refractivity contribution in [2.24, 2.45) is 5.92 Å². The predicted octanol–water partition coefficient (Wildman–Crippen LogP) is 3.84. The minimum absolute atomic E-state index is 0.0413. The number of hydrogen-bond donors (Lipinski definition) is 1. The van der Waals surface area contributed by atoms with Gasteiger partial charge >= 0.3 is 0 Å². The Bertz CT molecular complexity index is 543. The van der Waals surface area contributed by atoms with E-state index in [2.05, 4.69) is 17.5 Å². The molecule has 0 saturated heterocycles. The normalized spacial score (nSPS) is 25.1. The van der Waals surface area contributed by atoms with Gasteiger partial charge in [0.05, 0.1) is 6.04 Å². The fraction of sp³-hybridized carbons (Fsp3) is 0.438. The van der Waals surface area contributed by atoms with Crippen LogP contribution in [0.3, 0.4) is 0 Å². The van der Waals surface area contributed by atoms with Crippen LogP contribution in [0.15, 0.2) is 35.2 Å². The monoisotopic (exact) mass is 291 g/mol. The van der Waals surface area contributed by atoms with Crippen LogP contribution in [0.25, 0.3) is 0 Å². The molecule has 4 heteroatoms. The Hall–Kier alpha value is -1.29. The fourth-order valence-electron chi connectivity index (χ4n) is 2.84. The maximum Gasteiger partial charge on any atom is 0.223 e. The number of allylic oxidation sites excluding steroid dienone is 2. The molecule has 106 valence electrons. The van der Waals surface area contributed by atoms with Gasteiger partial charge in [-0.2, -0.15) is 0 Å². The first-order chi connectivity index (χ1) is 9.74. The lowest BCUT2D eigenvalue weighted by molar-refractivity contribution is -0.126. The number of nitrogens with one attached hydrogen (secondary N) is 1. The Labute approximate surface area is 122 Å². The van der Waals surface area contributed by atoms with Crippen LogP contribution < -0.4 is 5.32 Å². The standard InChI is InChI=1S/C16H18FNOS/c17-12-6-7-15-13(10-12)14(8-9-20-15)18-16(19)11-4-2-1-3-5-11/h1-2,6-7,10-11,14H,3-5,8-9H2,(H,18,19). The van der Waals surface area contributed by atoms with Gasteiger partial charge in [0.1, 0.15) is 5.82 Å². The van der Waals surface area contributed by atoms with E-state index in [1.54, 1.807) is 17.8 Å². The van der Waals surface area contributed by atoms with Gasteiger partial charge in [-0.25, -0.2) is 4.39 Å². The van der Waals surface area contributed by atoms with Gasteiger partial charge in [-0.1, -0.05) is 12.2 Å². The summed E-state index contributed by atoms with van der Waals surface area (Å²) in [5, 5.41) is 3.12. The summed E-state index contributed by atoms with van der Waals surface area (Å²) in [7, 11) is 0. The number of hydrogen-bond acceptors (Lipinski definition) is 2. The number of fused-ring (bicyclic) bond motifs is 1. The first kappa shape index (κ1) is 13.7. The van der Waals surface area contributed by atoms with E-state index in [-0.39, 0.29) is 23.7 Å². The minimum Gasteiger partial charge on any atom is -0.349 e. The Morgan fingerprint density at radius 2 is 2.20 bits per heavy atom. The third-order valence-electron chi connectivity index (χ3n) is 3.97. The summed E-state index contributed by atoms with van der Waals surface area (Å²) < 4.78 is 13.4. The van der Waals surface area contributed by atoms with E-state index in [0.29, 0.717) is 0 Å². The number of thioether (sulfide) groups is 1. The molecule has 3 rings (SSSR count). The lowest BCUT2D eigenvalue weighted by Gasteiger charge is -2.28. The molecule has 0 spiro atoms. The van der Waals surface area contributed by atoms with E-state index in [1.165, 1.54) is 6.07 Å². The zero-order chi connectivity index (χ0) is 13.9. The quantitative estimate of drug-likeness (QED) is 0.839. The molecule has 0 fully saturated rings. The topological polar surface area (TPSA) is 29.1 Å². The van der Waals surface area contributed by atoms with E-state index in [9.17, 15) is 9.18 Å². The second-order valence-electron chi connectivity index (χ2n) is 5.36. The highest BCUT2D eigenvalue weighted by Crippen LogP contribution is 2.36. The fourth-order valence-corrected chi connectivity index (χ4v) is 3.94. The summed E-state index contributed by atoms with van der Waals surface area (Å²) in [6, 6.07) is 4.83. The van der Waals surface area contributed by atoms with Crippen LogP contribution in [0.1, 0.15) is 37.3 Å². The molecule has 1 aromatic rings. The lowest BCUT2D eigenvalue weighted by atomic mass is 9.92. The molecule has 1 aliphatic heterocycles. The summed E-state index contributed by atoms with van der Waals surface area (Å²) in [5.41, 5.74) is 0.931. The highest BCUT2D eigenvalue weighted by Gasteiger charge is 2.26. The van der Waals surface area contributed by atoms with E-state index < -0.39 is 0 Å². The molecule has 0 radical (unpaired) electrons. The first-order valence-electron chi connectivity index (χ1n) is 7.11. The summed E-state index contributed by atoms with van der Waals surface area (Å²) in [4.78, 5) is 13.4. The van der Waals surface area contributed by atoms with Gasteiger partial charge < -0.3 is 5.32 Å². The van der Waals surface area contributed by atoms with Crippen molar-refractivity contribution in [3.63, 3.8) is 0 Å². The molecule has 2 nitrogen and oxygen atoms in total. The summed E-state index contributed by atoms with van der Waals surface area (Å²) in [6.45, 7) is 0. The molecular formula is C16H18FNOS. The van der Waals surface area contributed by atoms with Crippen LogP contribution in [0.5, 0.6) is 0 Å². The van der Waals surface area contributed by atoms with Crippen molar-refractivity contribution in [1.29, 1.82) is 0 Å². The lowest BCUT2D eigenvalue weighted by Crippen LogP contribution is -2.35. The predicted molar refractivity (Wildman–Crippen MR) is 79.1 cm³/mol. The van der Waals surface area contributed by atoms with E-state index in [0.717, 1.165) is 41.9 Å². The third kappa shape index (κ3) is 2.90. The Morgan fingerprint density at radius 1 is 1.30 bits per heavy atom. The average molecular weight is 291 g/mol. The van der Waals surface area contributed by atoms with Gasteiger partial charge in [0.25, 0.3) is 0 Å². The maximum atomic E-state index is 13.4. The second-order valence-corrected chi connectivity index (χ2v) is 6.50. The van der Waals surface area contributed by atoms with Gasteiger partial charge in [-0.05, 0) is 49.4 Å². The van der Waals surface area contributed by atoms with Crippen molar-refractivity contribution in [1.82, 2.24) is 5.32 Å². The van der Waals surface area contributed by atoms with Gasteiger partial charge in [-0.3, -0.25) is 4.79 Å². The van der Waals surface area contributed by atoms with Crippen molar-refractivity contribution >= 4 is 17.7 Å². The van der Waals surface area contributed by atoms with Gasteiger partial charge in [0.2, 0.25) is 5.91 Å². The summed E-state index contributed by atoms with van der Waals surface area (Å²) in [5.74, 6) is 0.924. The molecule has 0 aromatic heterocycles. The third-order valence-corrected chi connectivity index (χ3v) is 5.09. The molecule has 1 heterocycles. The molecule has 2 unspecified atom stereocenters. The van der Waals surface area contributed by atoms with Crippen LogP contribution >= 0.6 is 11.8 Å². The minimum atomic E-state index is -0.230. The van der Waals surface area contributed by atoms with Gasteiger partial charge in [0, 0.05) is 16.6 Å². The largest absolute Gasteiger partial charge is 0.349 e. The molecule has 1 aliphatic carbocycles. The van der Waals surface area contributed by atoms with Gasteiger partial charge in [-0.15, -0.1) is 11.8 Å². The molecule has 1 aromatic carbocycles. The number of amides is 1. The van der Waals surface area contributed by atoms with Crippen LogP contribution in [0.4, 0.5) is 4.39 Å². The van der Waals surface area contributed by atoms with E-state index >= 15 is 0 Å². The van der Waals surface area contributed by atoms with Crippen molar-refractivity contribution in [2.45, 2.75) is 36.6 Å². The van der Waals surface area contributed by atoms with E-state index in [4.69, 9.17) is 0 Å². The van der Waals surface area contributed by atoms with Crippen molar-refractivity contribution in [3.05, 3.63) is 41.7 Å². The molecule has 1 amide bonds. The number of benzene rings is 1. The number of rotatable bonds is 2. The molecule has 20 heavy (non-hydrogen) atoms. The molecule has 0 bridgehead atoms. The van der Waals surface area contributed by atoms with Crippen LogP contribution in [0, 0.1) is 11.7 Å². The highest BCUT2D eigenvalue weighted by molar-refractivity contribution is 7.99. The Morgan fingerprint density at radius 3 is 3.00 bits per heavy atom. The van der Waals surface area contributed by atoms with Gasteiger partial charge in [0.15, 0.2) is 0 Å². The van der Waals surface area contributed by atoms with Crippen LogP contribution in [-0.4, -0.2) is 11.7 Å². The first-order valence-corrected chi connectivity index (χ1v) is 8.10. The zero-order valence-electron chi connectivity index (χ0n) is 11.3. The smallest absolute Gasteiger partial charge is 0.223 e. The second kappa shape index (κ2) is 6.00. The Kier molecular flexibility index (Phi) is 4.10. The molecule has 1 N–H and O–H groups in total. The zero-order valence-corrected chi connectivity index (χ0v) is 12.1. The average Bonchev–Trinajstić information content (AvgIpc) is 2.49. The Balaban J connectivity index is 1.74. The number of carbonyl (C=O) groups is 1. The van der Waals surface area contributed by atoms with Crippen molar-refractivity contribution in [2.75, 3.05) is 5.75 Å². The van der Waals surface area contributed by atoms with Crippen LogP contribution in [0.2, 0.25) is 0 Å². The summed E-state index contributed by atoms with van der Waals surface area (Å²) in [6.07, 6.45) is 7.80. The van der Waals surface area contributed by atoms with E-state index in [1.807, 2.05) is 6.07 Å². The molecule has 2 aliphatic rings. The highest BCUT2D eigenvalue weighted by atomic mass is 32.2. The molecular weight excluding hydrogens is 273 g/mol. The van der Waals surface area contributed by atoms with Crippen molar-refractivity contribution in [3.8, 4) is 0 Å². The summed E-state index contributed by atoms with van der Waals surface area (Å²) >= 11 is 1.73. The maximum absolute atomic E-state index is 13.4. The SMILES string of the molecule is O=C(NC1CCSc2ccc(F)cc21)C1CC=CCC1. The molecule has 2 atom stereocenters. The molecule has 0 saturated carbocycles. The van der Waals surface area contributed by atoms with Crippen molar-refractivity contribution < 1.29 is 9.18 Å². The van der Waals surface area contributed by atoms with Crippen LogP contribution in [-0.2, 0) is 4.79 Å².